The highest BCUT2D eigenvalue weighted by Crippen LogP contribution is 2.16. The van der Waals surface area contributed by atoms with Crippen molar-refractivity contribution in [2.24, 2.45) is 0 Å². The van der Waals surface area contributed by atoms with Crippen LogP contribution in [0.5, 0.6) is 0 Å². The summed E-state index contributed by atoms with van der Waals surface area (Å²) in [6.07, 6.45) is 0. The van der Waals surface area contributed by atoms with Crippen molar-refractivity contribution in [3.8, 4) is 0 Å². The van der Waals surface area contributed by atoms with Crippen LogP contribution in [0.3, 0.4) is 0 Å². The number of carboxylic acids is 2. The molecule has 0 aliphatic heterocycles. The second-order valence-corrected chi connectivity index (χ2v) is 3.41. The van der Waals surface area contributed by atoms with Crippen molar-refractivity contribution >= 4 is 28.4 Å². The molecule has 1 heterocycles. The molecule has 0 radical (unpaired) electrons. The third-order valence-electron chi connectivity index (χ3n) is 1.43. The quantitative estimate of drug-likeness (QED) is 0.686. The van der Waals surface area contributed by atoms with Gasteiger partial charge in [-0.1, -0.05) is 0 Å². The molecular formula is C7H8N2O4S. The average Bonchev–Trinajstić information content (AvgIpc) is 2.52. The van der Waals surface area contributed by atoms with Crippen LogP contribution >= 0.6 is 11.3 Å². The van der Waals surface area contributed by atoms with E-state index in [-0.39, 0.29) is 10.8 Å². The van der Waals surface area contributed by atoms with E-state index in [9.17, 15) is 9.59 Å². The largest absolute Gasteiger partial charge is 0.480 e. The zero-order valence-corrected chi connectivity index (χ0v) is 8.04. The van der Waals surface area contributed by atoms with E-state index < -0.39 is 18.0 Å². The highest BCUT2D eigenvalue weighted by molar-refractivity contribution is 7.13. The third kappa shape index (κ3) is 2.43. The molecule has 0 bridgehead atoms. The molecule has 6 nitrogen and oxygen atoms in total. The predicted molar refractivity (Wildman–Crippen MR) is 49.8 cm³/mol. The van der Waals surface area contributed by atoms with Crippen molar-refractivity contribution in [3.63, 3.8) is 0 Å². The molecule has 0 saturated carbocycles. The van der Waals surface area contributed by atoms with Gasteiger partial charge in [-0.2, -0.15) is 0 Å². The van der Waals surface area contributed by atoms with E-state index in [0.717, 1.165) is 11.3 Å². The highest BCUT2D eigenvalue weighted by Gasteiger charge is 2.14. The fourth-order valence-electron chi connectivity index (χ4n) is 0.685. The Morgan fingerprint density at radius 1 is 1.57 bits per heavy atom. The van der Waals surface area contributed by atoms with Gasteiger partial charge in [0.05, 0.1) is 0 Å². The van der Waals surface area contributed by atoms with Crippen LogP contribution in [0.4, 0.5) is 5.13 Å². The molecule has 0 aliphatic carbocycles. The first-order chi connectivity index (χ1) is 6.50. The van der Waals surface area contributed by atoms with Crippen LogP contribution in [-0.4, -0.2) is 33.2 Å². The van der Waals surface area contributed by atoms with Gasteiger partial charge in [0, 0.05) is 5.38 Å². The summed E-state index contributed by atoms with van der Waals surface area (Å²) in [5.41, 5.74) is -0.0879. The second kappa shape index (κ2) is 4.05. The molecule has 0 saturated heterocycles. The average molecular weight is 216 g/mol. The molecule has 3 N–H and O–H groups in total. The van der Waals surface area contributed by atoms with Crippen molar-refractivity contribution in [1.29, 1.82) is 0 Å². The third-order valence-corrected chi connectivity index (χ3v) is 2.21. The molecule has 0 fully saturated rings. The van der Waals surface area contributed by atoms with Gasteiger partial charge in [-0.25, -0.2) is 9.78 Å². The summed E-state index contributed by atoms with van der Waals surface area (Å²) in [6.45, 7) is 1.45. The summed E-state index contributed by atoms with van der Waals surface area (Å²) in [5, 5.41) is 21.3. The number of nitrogens with zero attached hydrogens (tertiary/aromatic N) is 1. The molecule has 1 aromatic rings. The molecular weight excluding hydrogens is 208 g/mol. The lowest BCUT2D eigenvalue weighted by molar-refractivity contribution is -0.137. The Labute approximate surface area is 83.2 Å². The number of hydrogen-bond acceptors (Lipinski definition) is 5. The lowest BCUT2D eigenvalue weighted by atomic mass is 10.4. The van der Waals surface area contributed by atoms with Crippen molar-refractivity contribution in [2.45, 2.75) is 13.0 Å². The SMILES string of the molecule is CC(Nc1nc(C(=O)O)cs1)C(=O)O. The molecule has 0 aliphatic rings. The van der Waals surface area contributed by atoms with E-state index >= 15 is 0 Å². The van der Waals surface area contributed by atoms with Crippen LogP contribution in [0.1, 0.15) is 17.4 Å². The number of carbonyl (C=O) groups is 2. The molecule has 1 atom stereocenters. The van der Waals surface area contributed by atoms with Crippen LogP contribution in [0, 0.1) is 0 Å². The number of aromatic carboxylic acids is 1. The molecule has 7 heteroatoms. The van der Waals surface area contributed by atoms with E-state index in [1.807, 2.05) is 0 Å². The lowest BCUT2D eigenvalue weighted by Crippen LogP contribution is -2.25. The number of carboxylic acid groups (broad SMARTS) is 2. The Morgan fingerprint density at radius 2 is 2.21 bits per heavy atom. The van der Waals surface area contributed by atoms with Crippen LogP contribution in [0.25, 0.3) is 0 Å². The van der Waals surface area contributed by atoms with Crippen molar-refractivity contribution in [1.82, 2.24) is 4.98 Å². The maximum absolute atomic E-state index is 10.4. The summed E-state index contributed by atoms with van der Waals surface area (Å²) in [4.78, 5) is 24.6. The second-order valence-electron chi connectivity index (χ2n) is 2.55. The zero-order valence-electron chi connectivity index (χ0n) is 7.22. The standard InChI is InChI=1S/C7H8N2O4S/c1-3(5(10)11)8-7-9-4(2-14-7)6(12)13/h2-3H,1H3,(H,8,9)(H,10,11)(H,12,13). The summed E-state index contributed by atoms with van der Waals surface area (Å²) in [7, 11) is 0. The highest BCUT2D eigenvalue weighted by atomic mass is 32.1. The zero-order chi connectivity index (χ0) is 10.7. The topological polar surface area (TPSA) is 99.5 Å². The predicted octanol–water partition coefficient (Wildman–Crippen LogP) is 0.726. The van der Waals surface area contributed by atoms with Gasteiger partial charge in [0.25, 0.3) is 0 Å². The van der Waals surface area contributed by atoms with Gasteiger partial charge in [-0.3, -0.25) is 4.79 Å². The van der Waals surface area contributed by atoms with E-state index in [1.165, 1.54) is 12.3 Å². The van der Waals surface area contributed by atoms with Crippen LogP contribution in [0.2, 0.25) is 0 Å². The summed E-state index contributed by atoms with van der Waals surface area (Å²) in [5.74, 6) is -2.14. The van der Waals surface area contributed by atoms with Gasteiger partial charge < -0.3 is 15.5 Å². The molecule has 14 heavy (non-hydrogen) atoms. The molecule has 1 unspecified atom stereocenters. The van der Waals surface area contributed by atoms with Gasteiger partial charge in [-0.15, -0.1) is 11.3 Å². The van der Waals surface area contributed by atoms with Crippen LogP contribution in [-0.2, 0) is 4.79 Å². The molecule has 0 amide bonds. The molecule has 1 aromatic heterocycles. The lowest BCUT2D eigenvalue weighted by Gasteiger charge is -2.05. The Bertz CT molecular complexity index is 362. The van der Waals surface area contributed by atoms with Gasteiger partial charge in [0.15, 0.2) is 10.8 Å². The molecule has 0 aromatic carbocycles. The van der Waals surface area contributed by atoms with E-state index in [0.29, 0.717) is 0 Å². The van der Waals surface area contributed by atoms with Crippen molar-refractivity contribution in [2.75, 3.05) is 5.32 Å². The molecule has 1 rings (SSSR count). The van der Waals surface area contributed by atoms with Crippen molar-refractivity contribution in [3.05, 3.63) is 11.1 Å². The minimum Gasteiger partial charge on any atom is -0.480 e. The first-order valence-corrected chi connectivity index (χ1v) is 4.57. The fourth-order valence-corrected chi connectivity index (χ4v) is 1.46. The fraction of sp³-hybridized carbons (Fsp3) is 0.286. The van der Waals surface area contributed by atoms with Crippen molar-refractivity contribution < 1.29 is 19.8 Å². The minimum absolute atomic E-state index is 0.0879. The number of aliphatic carboxylic acids is 1. The van der Waals surface area contributed by atoms with Gasteiger partial charge in [0.1, 0.15) is 6.04 Å². The molecule has 76 valence electrons. The number of rotatable bonds is 4. The first-order valence-electron chi connectivity index (χ1n) is 3.69. The van der Waals surface area contributed by atoms with Gasteiger partial charge in [-0.05, 0) is 6.92 Å². The first kappa shape index (κ1) is 10.5. The van der Waals surface area contributed by atoms with Crippen LogP contribution < -0.4 is 5.32 Å². The Kier molecular flexibility index (Phi) is 3.03. The number of hydrogen-bond donors (Lipinski definition) is 3. The number of nitrogens with one attached hydrogen (secondary N) is 1. The Hall–Kier alpha value is -1.63. The Morgan fingerprint density at radius 3 is 2.64 bits per heavy atom. The number of aromatic nitrogens is 1. The Balaban J connectivity index is 2.69. The number of thiazole rings is 1. The molecule has 0 spiro atoms. The monoisotopic (exact) mass is 216 g/mol. The summed E-state index contributed by atoms with van der Waals surface area (Å²) >= 11 is 1.06. The summed E-state index contributed by atoms with van der Waals surface area (Å²) in [6, 6.07) is -0.789. The van der Waals surface area contributed by atoms with Gasteiger partial charge >= 0.3 is 11.9 Å². The van der Waals surface area contributed by atoms with Gasteiger partial charge in [0.2, 0.25) is 0 Å². The summed E-state index contributed by atoms with van der Waals surface area (Å²) < 4.78 is 0. The number of anilines is 1. The minimum atomic E-state index is -1.13. The maximum Gasteiger partial charge on any atom is 0.355 e. The normalized spacial score (nSPS) is 12.1. The maximum atomic E-state index is 10.4. The van der Waals surface area contributed by atoms with E-state index in [4.69, 9.17) is 10.2 Å². The van der Waals surface area contributed by atoms with Crippen LogP contribution in [0.15, 0.2) is 5.38 Å². The smallest absolute Gasteiger partial charge is 0.355 e. The van der Waals surface area contributed by atoms with E-state index in [2.05, 4.69) is 10.3 Å². The van der Waals surface area contributed by atoms with E-state index in [1.54, 1.807) is 0 Å².